The summed E-state index contributed by atoms with van der Waals surface area (Å²) in [6.07, 6.45) is 1.79. The molecule has 2 atom stereocenters. The summed E-state index contributed by atoms with van der Waals surface area (Å²) in [7, 11) is 2.14. The van der Waals surface area contributed by atoms with E-state index in [1.165, 1.54) is 0 Å². The van der Waals surface area contributed by atoms with Gasteiger partial charge >= 0.3 is 0 Å². The molecule has 2 unspecified atom stereocenters. The lowest BCUT2D eigenvalue weighted by Crippen LogP contribution is -2.52. The third kappa shape index (κ3) is 2.83. The van der Waals surface area contributed by atoms with Crippen LogP contribution in [0.5, 0.6) is 0 Å². The fourth-order valence-electron chi connectivity index (χ4n) is 2.56. The largest absolute Gasteiger partial charge is 0.394 e. The normalized spacial score (nSPS) is 24.8. The molecule has 4 heteroatoms. The average molecular weight is 235 g/mol. The molecule has 0 amide bonds. The lowest BCUT2D eigenvalue weighted by atomic mass is 10.1. The molecule has 0 bridgehead atoms. The van der Waals surface area contributed by atoms with Crippen LogP contribution < -0.4 is 0 Å². The molecule has 0 aromatic carbocycles. The Morgan fingerprint density at radius 1 is 1.47 bits per heavy atom. The summed E-state index contributed by atoms with van der Waals surface area (Å²) in [5.41, 5.74) is 0.964. The Morgan fingerprint density at radius 3 is 2.88 bits per heavy atom. The summed E-state index contributed by atoms with van der Waals surface area (Å²) in [6.45, 7) is 5.42. The van der Waals surface area contributed by atoms with Crippen molar-refractivity contribution in [3.63, 3.8) is 0 Å². The number of nitrogens with zero attached hydrogens (tertiary/aromatic N) is 3. The zero-order valence-electron chi connectivity index (χ0n) is 10.6. The first-order chi connectivity index (χ1) is 8.22. The molecule has 0 spiro atoms. The van der Waals surface area contributed by atoms with Gasteiger partial charge in [0.1, 0.15) is 0 Å². The molecule has 94 valence electrons. The maximum Gasteiger partial charge on any atom is 0.0758 e. The van der Waals surface area contributed by atoms with Crippen molar-refractivity contribution in [2.24, 2.45) is 0 Å². The molecule has 1 saturated heterocycles. The van der Waals surface area contributed by atoms with E-state index in [-0.39, 0.29) is 12.6 Å². The first-order valence-corrected chi connectivity index (χ1v) is 6.18. The molecular formula is C13H21N3O. The fourth-order valence-corrected chi connectivity index (χ4v) is 2.56. The number of pyridine rings is 1. The van der Waals surface area contributed by atoms with Crippen molar-refractivity contribution in [1.29, 1.82) is 0 Å². The molecule has 1 aliphatic rings. The van der Waals surface area contributed by atoms with Gasteiger partial charge in [-0.2, -0.15) is 0 Å². The molecule has 1 aromatic rings. The van der Waals surface area contributed by atoms with Crippen molar-refractivity contribution in [2.75, 3.05) is 33.3 Å². The van der Waals surface area contributed by atoms with Crippen molar-refractivity contribution < 1.29 is 5.11 Å². The van der Waals surface area contributed by atoms with Gasteiger partial charge in [-0.05, 0) is 26.1 Å². The van der Waals surface area contributed by atoms with E-state index in [1.54, 1.807) is 6.20 Å². The van der Waals surface area contributed by atoms with E-state index in [0.717, 1.165) is 25.3 Å². The Morgan fingerprint density at radius 2 is 2.29 bits per heavy atom. The predicted octanol–water partition coefficient (Wildman–Crippen LogP) is 0.751. The minimum Gasteiger partial charge on any atom is -0.394 e. The number of piperazine rings is 1. The van der Waals surface area contributed by atoms with E-state index >= 15 is 0 Å². The molecular weight excluding hydrogens is 214 g/mol. The number of aliphatic hydroxyl groups excluding tert-OH is 1. The van der Waals surface area contributed by atoms with Gasteiger partial charge in [0.15, 0.2) is 0 Å². The van der Waals surface area contributed by atoms with E-state index in [1.807, 2.05) is 18.2 Å². The second-order valence-corrected chi connectivity index (χ2v) is 4.80. The SMILES string of the molecule is CC1CN(C)CCN1C(CO)c1ccccn1. The van der Waals surface area contributed by atoms with Crippen LogP contribution in [-0.4, -0.2) is 59.2 Å². The lowest BCUT2D eigenvalue weighted by Gasteiger charge is -2.42. The van der Waals surface area contributed by atoms with Crippen LogP contribution in [0.15, 0.2) is 24.4 Å². The molecule has 1 N–H and O–H groups in total. The minimum absolute atomic E-state index is 0.0277. The van der Waals surface area contributed by atoms with Crippen LogP contribution in [0, 0.1) is 0 Å². The van der Waals surface area contributed by atoms with Gasteiger partial charge in [-0.25, -0.2) is 0 Å². The second-order valence-electron chi connectivity index (χ2n) is 4.80. The summed E-state index contributed by atoms with van der Waals surface area (Å²) in [5.74, 6) is 0. The third-order valence-electron chi connectivity index (χ3n) is 3.48. The molecule has 2 rings (SSSR count). The summed E-state index contributed by atoms with van der Waals surface area (Å²) in [5, 5.41) is 9.62. The third-order valence-corrected chi connectivity index (χ3v) is 3.48. The number of aliphatic hydroxyl groups is 1. The van der Waals surface area contributed by atoms with Gasteiger partial charge in [-0.3, -0.25) is 9.88 Å². The highest BCUT2D eigenvalue weighted by Gasteiger charge is 2.29. The van der Waals surface area contributed by atoms with Crippen molar-refractivity contribution in [3.05, 3.63) is 30.1 Å². The van der Waals surface area contributed by atoms with E-state index in [9.17, 15) is 5.11 Å². The Hall–Kier alpha value is -0.970. The van der Waals surface area contributed by atoms with Crippen LogP contribution in [-0.2, 0) is 0 Å². The summed E-state index contributed by atoms with van der Waals surface area (Å²) >= 11 is 0. The molecule has 1 fully saturated rings. The van der Waals surface area contributed by atoms with Gasteiger partial charge < -0.3 is 10.0 Å². The first-order valence-electron chi connectivity index (χ1n) is 6.18. The summed E-state index contributed by atoms with van der Waals surface area (Å²) in [4.78, 5) is 9.04. The Kier molecular flexibility index (Phi) is 4.10. The molecule has 1 aliphatic heterocycles. The van der Waals surface area contributed by atoms with E-state index in [2.05, 4.69) is 28.8 Å². The van der Waals surface area contributed by atoms with Gasteiger partial charge in [0.2, 0.25) is 0 Å². The molecule has 0 aliphatic carbocycles. The molecule has 2 heterocycles. The first kappa shape index (κ1) is 12.5. The van der Waals surface area contributed by atoms with Gasteiger partial charge in [-0.1, -0.05) is 6.07 Å². The standard InChI is InChI=1S/C13H21N3O/c1-11-9-15(2)7-8-16(11)13(10-17)12-5-3-4-6-14-12/h3-6,11,13,17H,7-10H2,1-2H3. The highest BCUT2D eigenvalue weighted by Crippen LogP contribution is 2.23. The van der Waals surface area contributed by atoms with Gasteiger partial charge in [0.05, 0.1) is 18.3 Å². The zero-order valence-corrected chi connectivity index (χ0v) is 10.6. The van der Waals surface area contributed by atoms with Crippen molar-refractivity contribution in [3.8, 4) is 0 Å². The topological polar surface area (TPSA) is 39.6 Å². The van der Waals surface area contributed by atoms with Gasteiger partial charge in [0, 0.05) is 31.9 Å². The fraction of sp³-hybridized carbons (Fsp3) is 0.615. The van der Waals surface area contributed by atoms with Crippen LogP contribution >= 0.6 is 0 Å². The highest BCUT2D eigenvalue weighted by molar-refractivity contribution is 5.10. The van der Waals surface area contributed by atoms with E-state index in [4.69, 9.17) is 0 Å². The Balaban J connectivity index is 2.13. The highest BCUT2D eigenvalue weighted by atomic mass is 16.3. The summed E-state index contributed by atoms with van der Waals surface area (Å²) in [6, 6.07) is 6.36. The van der Waals surface area contributed by atoms with Crippen LogP contribution in [0.3, 0.4) is 0 Å². The van der Waals surface area contributed by atoms with Crippen LogP contribution in [0.25, 0.3) is 0 Å². The minimum atomic E-state index is 0.0277. The number of hydrogen-bond acceptors (Lipinski definition) is 4. The predicted molar refractivity (Wildman–Crippen MR) is 67.7 cm³/mol. The Labute approximate surface area is 103 Å². The number of rotatable bonds is 3. The maximum absolute atomic E-state index is 9.62. The van der Waals surface area contributed by atoms with Crippen LogP contribution in [0.4, 0.5) is 0 Å². The van der Waals surface area contributed by atoms with Crippen molar-refractivity contribution in [2.45, 2.75) is 19.0 Å². The lowest BCUT2D eigenvalue weighted by molar-refractivity contribution is 0.0324. The number of likely N-dealkylation sites (N-methyl/N-ethyl adjacent to an activating group) is 1. The molecule has 0 saturated carbocycles. The van der Waals surface area contributed by atoms with E-state index in [0.29, 0.717) is 6.04 Å². The van der Waals surface area contributed by atoms with E-state index < -0.39 is 0 Å². The number of hydrogen-bond donors (Lipinski definition) is 1. The van der Waals surface area contributed by atoms with Crippen molar-refractivity contribution >= 4 is 0 Å². The van der Waals surface area contributed by atoms with Gasteiger partial charge in [-0.15, -0.1) is 0 Å². The second kappa shape index (κ2) is 5.58. The van der Waals surface area contributed by atoms with Gasteiger partial charge in [0.25, 0.3) is 0 Å². The van der Waals surface area contributed by atoms with Crippen molar-refractivity contribution in [1.82, 2.24) is 14.8 Å². The molecule has 1 aromatic heterocycles. The molecule has 0 radical (unpaired) electrons. The van der Waals surface area contributed by atoms with Crippen LogP contribution in [0.2, 0.25) is 0 Å². The Bertz CT molecular complexity index is 344. The van der Waals surface area contributed by atoms with Crippen LogP contribution in [0.1, 0.15) is 18.7 Å². The molecule has 17 heavy (non-hydrogen) atoms. The summed E-state index contributed by atoms with van der Waals surface area (Å²) < 4.78 is 0. The number of aromatic nitrogens is 1. The quantitative estimate of drug-likeness (QED) is 0.839. The molecule has 4 nitrogen and oxygen atoms in total. The monoisotopic (exact) mass is 235 g/mol. The average Bonchev–Trinajstić information content (AvgIpc) is 2.34. The maximum atomic E-state index is 9.62. The zero-order chi connectivity index (χ0) is 12.3. The smallest absolute Gasteiger partial charge is 0.0758 e.